The van der Waals surface area contributed by atoms with E-state index in [0.717, 1.165) is 57.3 Å². The highest BCUT2D eigenvalue weighted by atomic mass is 16.5. The van der Waals surface area contributed by atoms with Gasteiger partial charge in [0.15, 0.2) is 0 Å². The molecule has 6 nitrogen and oxygen atoms in total. The second kappa shape index (κ2) is 15.4. The van der Waals surface area contributed by atoms with Gasteiger partial charge in [0, 0.05) is 51.5 Å². The van der Waals surface area contributed by atoms with Crippen LogP contribution in [0, 0.1) is 0 Å². The van der Waals surface area contributed by atoms with Crippen LogP contribution in [0.2, 0.25) is 0 Å². The molecule has 0 aliphatic carbocycles. The average molecular weight is 522 g/mol. The lowest BCUT2D eigenvalue weighted by Crippen LogP contribution is -2.47. The van der Waals surface area contributed by atoms with Crippen LogP contribution >= 0.6 is 0 Å². The van der Waals surface area contributed by atoms with Gasteiger partial charge in [-0.15, -0.1) is 0 Å². The molecule has 2 aromatic rings. The second-order valence-electron chi connectivity index (χ2n) is 11.2. The number of hydrogen-bond acceptors (Lipinski definition) is 6. The third kappa shape index (κ3) is 8.69. The number of nitrogens with zero attached hydrogens (tertiary/aromatic N) is 5. The van der Waals surface area contributed by atoms with Crippen LogP contribution in [0.4, 0.5) is 5.82 Å². The van der Waals surface area contributed by atoms with Crippen molar-refractivity contribution >= 4 is 5.82 Å². The fourth-order valence-corrected chi connectivity index (χ4v) is 6.26. The summed E-state index contributed by atoms with van der Waals surface area (Å²) in [5.41, 5.74) is 1.38. The molecular weight excluding hydrogens is 470 g/mol. The largest absolute Gasteiger partial charge is 0.494 e. The topological polar surface area (TPSA) is 35.1 Å². The summed E-state index contributed by atoms with van der Waals surface area (Å²) < 4.78 is 6.03. The van der Waals surface area contributed by atoms with E-state index in [1.165, 1.54) is 83.2 Å². The quantitative estimate of drug-likeness (QED) is 0.341. The van der Waals surface area contributed by atoms with Crippen molar-refractivity contribution in [3.8, 4) is 5.75 Å². The first kappa shape index (κ1) is 28.8. The molecular formula is C32H51N5O. The molecule has 5 rings (SSSR count). The molecule has 38 heavy (non-hydrogen) atoms. The maximum atomic E-state index is 6.03. The Labute approximate surface area is 232 Å². The van der Waals surface area contributed by atoms with Crippen molar-refractivity contribution in [2.45, 2.75) is 71.4 Å². The van der Waals surface area contributed by atoms with Crippen molar-refractivity contribution in [2.75, 3.05) is 70.4 Å². The van der Waals surface area contributed by atoms with Crippen molar-refractivity contribution < 1.29 is 4.74 Å². The Morgan fingerprint density at radius 3 is 2.13 bits per heavy atom. The van der Waals surface area contributed by atoms with Crippen molar-refractivity contribution in [2.24, 2.45) is 0 Å². The molecule has 210 valence electrons. The van der Waals surface area contributed by atoms with Crippen molar-refractivity contribution in [3.05, 3.63) is 54.2 Å². The van der Waals surface area contributed by atoms with Crippen molar-refractivity contribution in [1.82, 2.24) is 19.7 Å². The predicted octanol–water partition coefficient (Wildman–Crippen LogP) is 5.54. The number of ether oxygens (including phenoxy) is 1. The minimum atomic E-state index is 0. The fourth-order valence-electron chi connectivity index (χ4n) is 6.26. The minimum Gasteiger partial charge on any atom is -0.494 e. The van der Waals surface area contributed by atoms with Gasteiger partial charge in [0.05, 0.1) is 6.61 Å². The zero-order chi connectivity index (χ0) is 25.1. The summed E-state index contributed by atoms with van der Waals surface area (Å²) in [5.74, 6) is 2.15. The average Bonchev–Trinajstić information content (AvgIpc) is 3.48. The summed E-state index contributed by atoms with van der Waals surface area (Å²) in [6.45, 7) is 12.6. The maximum Gasteiger partial charge on any atom is 0.128 e. The minimum absolute atomic E-state index is 0. The van der Waals surface area contributed by atoms with Crippen LogP contribution in [0.25, 0.3) is 0 Å². The van der Waals surface area contributed by atoms with Crippen molar-refractivity contribution in [3.63, 3.8) is 0 Å². The van der Waals surface area contributed by atoms with Gasteiger partial charge in [-0.2, -0.15) is 0 Å². The monoisotopic (exact) mass is 521 g/mol. The molecule has 3 aliphatic rings. The molecule has 0 radical (unpaired) electrons. The predicted molar refractivity (Wildman–Crippen MR) is 159 cm³/mol. The molecule has 0 atom stereocenters. The van der Waals surface area contributed by atoms with Crippen molar-refractivity contribution in [1.29, 1.82) is 0 Å². The molecule has 0 N–H and O–H groups in total. The lowest BCUT2D eigenvalue weighted by molar-refractivity contribution is 0.199. The van der Waals surface area contributed by atoms with E-state index in [-0.39, 0.29) is 7.43 Å². The smallest absolute Gasteiger partial charge is 0.128 e. The van der Waals surface area contributed by atoms with Gasteiger partial charge in [0.25, 0.3) is 0 Å². The van der Waals surface area contributed by atoms with Crippen LogP contribution in [-0.2, 0) is 6.54 Å². The van der Waals surface area contributed by atoms with Crippen LogP contribution < -0.4 is 9.64 Å². The zero-order valence-electron chi connectivity index (χ0n) is 22.8. The van der Waals surface area contributed by atoms with E-state index in [4.69, 9.17) is 9.72 Å². The Hall–Kier alpha value is -2.15. The summed E-state index contributed by atoms with van der Waals surface area (Å²) in [6, 6.07) is 15.7. The Morgan fingerprint density at radius 2 is 1.45 bits per heavy atom. The maximum absolute atomic E-state index is 6.03. The lowest BCUT2D eigenvalue weighted by Gasteiger charge is -2.40. The Balaban J connectivity index is 0.00000336. The third-order valence-electron chi connectivity index (χ3n) is 8.46. The van der Waals surface area contributed by atoms with Gasteiger partial charge in [0.2, 0.25) is 0 Å². The van der Waals surface area contributed by atoms with Gasteiger partial charge >= 0.3 is 0 Å². The van der Waals surface area contributed by atoms with Gasteiger partial charge in [0.1, 0.15) is 11.6 Å². The summed E-state index contributed by atoms with van der Waals surface area (Å²) >= 11 is 0. The van der Waals surface area contributed by atoms with E-state index in [1.54, 1.807) is 0 Å². The molecule has 1 aromatic heterocycles. The van der Waals surface area contributed by atoms with E-state index in [1.807, 2.05) is 12.3 Å². The number of aromatic nitrogens is 1. The molecule has 3 aliphatic heterocycles. The van der Waals surface area contributed by atoms with E-state index in [0.29, 0.717) is 6.04 Å². The molecule has 1 aromatic carbocycles. The van der Waals surface area contributed by atoms with Crippen LogP contribution in [-0.4, -0.2) is 91.2 Å². The molecule has 3 fully saturated rings. The summed E-state index contributed by atoms with van der Waals surface area (Å²) in [4.78, 5) is 15.1. The molecule has 0 unspecified atom stereocenters. The molecule has 0 bridgehead atoms. The van der Waals surface area contributed by atoms with Crippen LogP contribution in [0.1, 0.15) is 64.4 Å². The van der Waals surface area contributed by atoms with E-state index >= 15 is 0 Å². The third-order valence-corrected chi connectivity index (χ3v) is 8.46. The highest BCUT2D eigenvalue weighted by molar-refractivity contribution is 5.39. The SMILES string of the molecule is C.c1ccc(N(CCN2CCCC2)C2CCN(Cc3ccc(OCCCN4CCCCC4)cc3)CC2)nc1. The number of benzene rings is 1. The molecule has 0 saturated carbocycles. The summed E-state index contributed by atoms with van der Waals surface area (Å²) in [5, 5.41) is 0. The number of anilines is 1. The Kier molecular flexibility index (Phi) is 11.7. The standard InChI is InChI=1S/C31H47N5O.CH4/c1-4-17-33(18-5-1)21-8-26-37-30-12-10-28(11-13-30)27-35-22-14-29(15-23-35)36(31-9-2-3-16-32-31)25-24-34-19-6-7-20-34;/h2-3,9-13,16,29H,1,4-8,14-15,17-27H2;1H4. The lowest BCUT2D eigenvalue weighted by atomic mass is 10.0. The molecule has 4 heterocycles. The summed E-state index contributed by atoms with van der Waals surface area (Å²) in [6.07, 6.45) is 12.3. The first-order chi connectivity index (χ1) is 18.3. The fraction of sp³-hybridized carbons (Fsp3) is 0.656. The van der Waals surface area contributed by atoms with Gasteiger partial charge in [-0.05, 0) is 101 Å². The molecule has 3 saturated heterocycles. The second-order valence-corrected chi connectivity index (χ2v) is 11.2. The number of rotatable bonds is 12. The van der Waals surface area contributed by atoms with E-state index in [2.05, 4.69) is 56.0 Å². The normalized spacial score (nSPS) is 19.8. The van der Waals surface area contributed by atoms with E-state index < -0.39 is 0 Å². The number of pyridine rings is 1. The number of piperidine rings is 2. The highest BCUT2D eigenvalue weighted by Gasteiger charge is 2.26. The highest BCUT2D eigenvalue weighted by Crippen LogP contribution is 2.24. The molecule has 0 amide bonds. The van der Waals surface area contributed by atoms with Crippen LogP contribution in [0.15, 0.2) is 48.7 Å². The van der Waals surface area contributed by atoms with Crippen LogP contribution in [0.3, 0.4) is 0 Å². The first-order valence-electron chi connectivity index (χ1n) is 14.9. The molecule has 6 heteroatoms. The zero-order valence-corrected chi connectivity index (χ0v) is 22.8. The first-order valence-corrected chi connectivity index (χ1v) is 14.9. The number of likely N-dealkylation sites (tertiary alicyclic amines) is 3. The molecule has 0 spiro atoms. The van der Waals surface area contributed by atoms with E-state index in [9.17, 15) is 0 Å². The van der Waals surface area contributed by atoms with Gasteiger partial charge < -0.3 is 19.4 Å². The van der Waals surface area contributed by atoms with Gasteiger partial charge in [-0.25, -0.2) is 4.98 Å². The van der Waals surface area contributed by atoms with Crippen LogP contribution in [0.5, 0.6) is 5.75 Å². The Bertz CT molecular complexity index is 888. The van der Waals surface area contributed by atoms with Gasteiger partial charge in [-0.3, -0.25) is 4.90 Å². The number of hydrogen-bond donors (Lipinski definition) is 0. The Morgan fingerprint density at radius 1 is 0.763 bits per heavy atom. The van der Waals surface area contributed by atoms with Gasteiger partial charge in [-0.1, -0.05) is 32.0 Å². The summed E-state index contributed by atoms with van der Waals surface area (Å²) in [7, 11) is 0.